The van der Waals surface area contributed by atoms with E-state index in [-0.39, 0.29) is 12.2 Å². The van der Waals surface area contributed by atoms with E-state index in [4.69, 9.17) is 9.73 Å². The molecule has 0 N–H and O–H groups in total. The number of aromatic nitrogens is 2. The van der Waals surface area contributed by atoms with Crippen LogP contribution in [0.3, 0.4) is 0 Å². The number of rotatable bonds is 6. The number of carbonyl (C=O) groups excluding carboxylic acids is 1. The quantitative estimate of drug-likeness (QED) is 0.156. The predicted molar refractivity (Wildman–Crippen MR) is 180 cm³/mol. The van der Waals surface area contributed by atoms with Gasteiger partial charge in [0.05, 0.1) is 28.5 Å². The Morgan fingerprint density at radius 1 is 1.00 bits per heavy atom. The molecular formula is C35H30IN3O3S. The molecule has 0 unspecified atom stereocenters. The third kappa shape index (κ3) is 5.34. The molecule has 0 radical (unpaired) electrons. The van der Waals surface area contributed by atoms with Gasteiger partial charge in [0.15, 0.2) is 4.80 Å². The van der Waals surface area contributed by atoms with Crippen LogP contribution >= 0.6 is 33.9 Å². The van der Waals surface area contributed by atoms with Crippen molar-refractivity contribution in [2.75, 3.05) is 6.61 Å². The molecule has 6 rings (SSSR count). The molecule has 1 aliphatic rings. The third-order valence-corrected chi connectivity index (χ3v) is 9.80. The Bertz CT molecular complexity index is 2070. The molecule has 0 spiro atoms. The van der Waals surface area contributed by atoms with Gasteiger partial charge in [0.2, 0.25) is 0 Å². The Labute approximate surface area is 267 Å². The number of ether oxygens (including phenoxy) is 1. The van der Waals surface area contributed by atoms with Gasteiger partial charge in [0, 0.05) is 26.2 Å². The summed E-state index contributed by atoms with van der Waals surface area (Å²) in [5.41, 5.74) is 7.69. The lowest BCUT2D eigenvalue weighted by atomic mass is 9.93. The van der Waals surface area contributed by atoms with E-state index in [2.05, 4.69) is 72.2 Å². The van der Waals surface area contributed by atoms with Crippen LogP contribution in [0.1, 0.15) is 46.6 Å². The van der Waals surface area contributed by atoms with Crippen LogP contribution in [0.2, 0.25) is 0 Å². The van der Waals surface area contributed by atoms with Crippen LogP contribution in [-0.4, -0.2) is 21.7 Å². The second kappa shape index (κ2) is 11.9. The van der Waals surface area contributed by atoms with Gasteiger partial charge in [0.1, 0.15) is 0 Å². The number of hydrogen-bond acceptors (Lipinski definition) is 5. The monoisotopic (exact) mass is 699 g/mol. The molecule has 5 aromatic rings. The first kappa shape index (κ1) is 29.1. The Morgan fingerprint density at radius 2 is 1.70 bits per heavy atom. The number of benzene rings is 3. The average Bonchev–Trinajstić information content (AvgIpc) is 3.48. The fourth-order valence-electron chi connectivity index (χ4n) is 5.58. The first-order chi connectivity index (χ1) is 20.8. The van der Waals surface area contributed by atoms with Gasteiger partial charge in [-0.2, -0.15) is 0 Å². The molecule has 2 aromatic heterocycles. The zero-order chi connectivity index (χ0) is 30.2. The first-order valence-corrected chi connectivity index (χ1v) is 16.0. The average molecular weight is 700 g/mol. The van der Waals surface area contributed by atoms with Crippen molar-refractivity contribution in [1.82, 2.24) is 9.13 Å². The maximum absolute atomic E-state index is 14.2. The second-order valence-corrected chi connectivity index (χ2v) is 12.6. The summed E-state index contributed by atoms with van der Waals surface area (Å²) in [5.74, 6) is -0.482. The van der Waals surface area contributed by atoms with Gasteiger partial charge in [0.25, 0.3) is 5.56 Å². The topological polar surface area (TPSA) is 65.6 Å². The molecule has 6 nitrogen and oxygen atoms in total. The second-order valence-electron chi connectivity index (χ2n) is 10.4. The van der Waals surface area contributed by atoms with Crippen molar-refractivity contribution in [3.8, 4) is 5.69 Å². The molecule has 0 aliphatic carbocycles. The van der Waals surface area contributed by atoms with Crippen LogP contribution in [-0.2, 0) is 9.53 Å². The highest BCUT2D eigenvalue weighted by molar-refractivity contribution is 14.1. The van der Waals surface area contributed by atoms with E-state index in [1.165, 1.54) is 20.5 Å². The van der Waals surface area contributed by atoms with Gasteiger partial charge in [-0.05, 0) is 91.3 Å². The number of carbonyl (C=O) groups is 1. The largest absolute Gasteiger partial charge is 0.463 e. The van der Waals surface area contributed by atoms with Crippen molar-refractivity contribution in [3.05, 3.63) is 147 Å². The van der Waals surface area contributed by atoms with Crippen LogP contribution in [0.25, 0.3) is 17.5 Å². The number of aryl methyl sites for hydroxylation is 2. The molecule has 3 heterocycles. The summed E-state index contributed by atoms with van der Waals surface area (Å²) >= 11 is 3.70. The van der Waals surface area contributed by atoms with Crippen molar-refractivity contribution >= 4 is 51.7 Å². The van der Waals surface area contributed by atoms with E-state index >= 15 is 0 Å². The fraction of sp³-hybridized carbons (Fsp3) is 0.171. The maximum atomic E-state index is 14.2. The minimum absolute atomic E-state index is 0.193. The molecule has 8 heteroatoms. The van der Waals surface area contributed by atoms with Gasteiger partial charge in [-0.3, -0.25) is 9.36 Å². The lowest BCUT2D eigenvalue weighted by Gasteiger charge is -2.25. The zero-order valence-electron chi connectivity index (χ0n) is 24.3. The maximum Gasteiger partial charge on any atom is 0.338 e. The SMILES string of the molecule is CCOC(=O)C1=C(c2ccccc2)N=c2s/c(=C\c3cc(C)n(-c4ccc(C)c(I)c4)c3C)c(=O)n2[C@@H]1c1ccccc1. The Morgan fingerprint density at radius 3 is 2.37 bits per heavy atom. The molecule has 0 bridgehead atoms. The molecule has 3 aromatic carbocycles. The highest BCUT2D eigenvalue weighted by atomic mass is 127. The zero-order valence-corrected chi connectivity index (χ0v) is 27.3. The van der Waals surface area contributed by atoms with Crippen LogP contribution in [0.15, 0.2) is 100 Å². The minimum Gasteiger partial charge on any atom is -0.463 e. The summed E-state index contributed by atoms with van der Waals surface area (Å²) in [4.78, 5) is 33.3. The van der Waals surface area contributed by atoms with E-state index in [0.29, 0.717) is 20.6 Å². The van der Waals surface area contributed by atoms with Crippen LogP contribution in [0.5, 0.6) is 0 Å². The predicted octanol–water partition coefficient (Wildman–Crippen LogP) is 6.26. The molecule has 1 aliphatic heterocycles. The number of halogens is 1. The van der Waals surface area contributed by atoms with Crippen molar-refractivity contribution in [3.63, 3.8) is 0 Å². The Hall–Kier alpha value is -4.02. The minimum atomic E-state index is -0.684. The van der Waals surface area contributed by atoms with Gasteiger partial charge in [-0.1, -0.05) is 78.1 Å². The standard InChI is InChI=1S/C35H30IN3O3S/c1-5-42-34(41)30-31(24-12-8-6-9-13-24)37-35-39(32(30)25-14-10-7-11-15-25)33(40)29(43-35)19-26-18-22(3)38(23(26)4)27-17-16-21(2)28(36)20-27/h6-20,32H,5H2,1-4H3/b29-19-/t32-/m1/s1. The summed E-state index contributed by atoms with van der Waals surface area (Å²) in [6.07, 6.45) is 1.94. The highest BCUT2D eigenvalue weighted by Crippen LogP contribution is 2.35. The molecule has 0 amide bonds. The van der Waals surface area contributed by atoms with E-state index in [1.807, 2.05) is 66.7 Å². The molecular weight excluding hydrogens is 669 g/mol. The van der Waals surface area contributed by atoms with Crippen LogP contribution in [0.4, 0.5) is 0 Å². The molecule has 0 fully saturated rings. The van der Waals surface area contributed by atoms with Gasteiger partial charge in [-0.25, -0.2) is 9.79 Å². The summed E-state index contributed by atoms with van der Waals surface area (Å²) in [7, 11) is 0. The Kier molecular flexibility index (Phi) is 8.07. The number of esters is 1. The molecule has 1 atom stereocenters. The summed E-state index contributed by atoms with van der Waals surface area (Å²) in [6, 6.07) is 27.1. The Balaban J connectivity index is 1.59. The van der Waals surface area contributed by atoms with E-state index in [0.717, 1.165) is 33.8 Å². The van der Waals surface area contributed by atoms with Crippen LogP contribution in [0, 0.1) is 24.3 Å². The van der Waals surface area contributed by atoms with Crippen LogP contribution < -0.4 is 14.9 Å². The van der Waals surface area contributed by atoms with E-state index in [9.17, 15) is 9.59 Å². The molecule has 216 valence electrons. The molecule has 43 heavy (non-hydrogen) atoms. The van der Waals surface area contributed by atoms with Crippen molar-refractivity contribution in [1.29, 1.82) is 0 Å². The summed E-state index contributed by atoms with van der Waals surface area (Å²) < 4.78 is 11.2. The van der Waals surface area contributed by atoms with Crippen molar-refractivity contribution in [2.24, 2.45) is 4.99 Å². The number of thiazole rings is 1. The molecule has 0 saturated heterocycles. The summed E-state index contributed by atoms with van der Waals surface area (Å²) in [6.45, 7) is 8.24. The van der Waals surface area contributed by atoms with Gasteiger partial charge in [-0.15, -0.1) is 0 Å². The van der Waals surface area contributed by atoms with Gasteiger partial charge >= 0.3 is 5.97 Å². The number of fused-ring (bicyclic) bond motifs is 1. The van der Waals surface area contributed by atoms with Gasteiger partial charge < -0.3 is 9.30 Å². The lowest BCUT2D eigenvalue weighted by molar-refractivity contribution is -0.138. The van der Waals surface area contributed by atoms with Crippen molar-refractivity contribution < 1.29 is 9.53 Å². The van der Waals surface area contributed by atoms with E-state index in [1.54, 1.807) is 11.5 Å². The highest BCUT2D eigenvalue weighted by Gasteiger charge is 2.35. The third-order valence-electron chi connectivity index (χ3n) is 7.66. The fourth-order valence-corrected chi connectivity index (χ4v) is 7.07. The normalized spacial score (nSPS) is 14.9. The van der Waals surface area contributed by atoms with Crippen molar-refractivity contribution in [2.45, 2.75) is 33.7 Å². The van der Waals surface area contributed by atoms with E-state index < -0.39 is 12.0 Å². The number of hydrogen-bond donors (Lipinski definition) is 0. The first-order valence-electron chi connectivity index (χ1n) is 14.1. The summed E-state index contributed by atoms with van der Waals surface area (Å²) in [5, 5.41) is 0. The number of nitrogens with zero attached hydrogens (tertiary/aromatic N) is 3. The lowest BCUT2D eigenvalue weighted by Crippen LogP contribution is -2.40. The molecule has 0 saturated carbocycles. The smallest absolute Gasteiger partial charge is 0.338 e.